The molecule has 0 fully saturated rings. The predicted octanol–water partition coefficient (Wildman–Crippen LogP) is 4.90. The Morgan fingerprint density at radius 3 is 2.48 bits per heavy atom. The summed E-state index contributed by atoms with van der Waals surface area (Å²) in [5, 5.41) is 13.6. The second-order valence-electron chi connectivity index (χ2n) is 6.40. The number of phenolic OH excluding ortho intramolecular Hbond substituents is 1. The van der Waals surface area contributed by atoms with Crippen LogP contribution in [0.15, 0.2) is 53.6 Å². The average Bonchev–Trinajstić information content (AvgIpc) is 2.68. The van der Waals surface area contributed by atoms with Crippen molar-refractivity contribution in [3.05, 3.63) is 59.7 Å². The molecule has 27 heavy (non-hydrogen) atoms. The van der Waals surface area contributed by atoms with Crippen molar-refractivity contribution in [1.29, 1.82) is 0 Å². The van der Waals surface area contributed by atoms with E-state index in [1.165, 1.54) is 44.2 Å². The van der Waals surface area contributed by atoms with E-state index < -0.39 is 5.91 Å². The number of carbonyl (C=O) groups excluding carboxylic acids is 1. The third kappa shape index (κ3) is 7.52. The number of para-hydroxylation sites is 1. The van der Waals surface area contributed by atoms with E-state index in [9.17, 15) is 9.90 Å². The van der Waals surface area contributed by atoms with Crippen LogP contribution in [0.3, 0.4) is 0 Å². The number of benzene rings is 2. The Morgan fingerprint density at radius 1 is 1.04 bits per heavy atom. The maximum atomic E-state index is 11.9. The second kappa shape index (κ2) is 11.7. The number of phenols is 1. The highest BCUT2D eigenvalue weighted by molar-refractivity contribution is 5.97. The number of amides is 1. The van der Waals surface area contributed by atoms with Gasteiger partial charge in [0.05, 0.1) is 18.4 Å². The molecule has 2 rings (SSSR count). The molecule has 0 bridgehead atoms. The first-order chi connectivity index (χ1) is 13.2. The molecule has 0 spiro atoms. The molecule has 0 aliphatic carbocycles. The molecule has 144 valence electrons. The summed E-state index contributed by atoms with van der Waals surface area (Å²) in [5.74, 6) is 0.305. The zero-order chi connectivity index (χ0) is 19.3. The van der Waals surface area contributed by atoms with Crippen molar-refractivity contribution in [2.24, 2.45) is 5.10 Å². The lowest BCUT2D eigenvalue weighted by Crippen LogP contribution is -2.17. The smallest absolute Gasteiger partial charge is 0.275 e. The summed E-state index contributed by atoms with van der Waals surface area (Å²) < 4.78 is 5.74. The largest absolute Gasteiger partial charge is 0.507 e. The van der Waals surface area contributed by atoms with Crippen LogP contribution >= 0.6 is 0 Å². The summed E-state index contributed by atoms with van der Waals surface area (Å²) >= 11 is 0. The number of aromatic hydroxyl groups is 1. The monoisotopic (exact) mass is 368 g/mol. The highest BCUT2D eigenvalue weighted by Crippen LogP contribution is 2.15. The summed E-state index contributed by atoms with van der Waals surface area (Å²) in [4.78, 5) is 11.9. The molecule has 0 radical (unpaired) electrons. The Labute approximate surface area is 161 Å². The lowest BCUT2D eigenvalue weighted by atomic mass is 10.1. The predicted molar refractivity (Wildman–Crippen MR) is 108 cm³/mol. The van der Waals surface area contributed by atoms with Gasteiger partial charge in [0, 0.05) is 0 Å². The molecule has 2 aromatic carbocycles. The molecular weight excluding hydrogens is 340 g/mol. The van der Waals surface area contributed by atoms with Gasteiger partial charge in [0.25, 0.3) is 5.91 Å². The molecule has 0 saturated carbocycles. The Bertz CT molecular complexity index is 727. The van der Waals surface area contributed by atoms with Gasteiger partial charge in [-0.05, 0) is 48.4 Å². The molecule has 0 aliphatic heterocycles. The molecule has 2 N–H and O–H groups in total. The van der Waals surface area contributed by atoms with E-state index in [0.717, 1.165) is 24.3 Å². The van der Waals surface area contributed by atoms with Crippen LogP contribution in [0.5, 0.6) is 11.5 Å². The second-order valence-corrected chi connectivity index (χ2v) is 6.40. The molecule has 0 atom stereocenters. The first-order valence-corrected chi connectivity index (χ1v) is 9.55. The van der Waals surface area contributed by atoms with E-state index in [1.54, 1.807) is 18.3 Å². The Balaban J connectivity index is 1.71. The molecule has 0 aromatic heterocycles. The van der Waals surface area contributed by atoms with Crippen LogP contribution in [0.25, 0.3) is 0 Å². The van der Waals surface area contributed by atoms with Gasteiger partial charge in [0.1, 0.15) is 11.5 Å². The van der Waals surface area contributed by atoms with Crippen LogP contribution in [-0.4, -0.2) is 23.8 Å². The fraction of sp³-hybridized carbons (Fsp3) is 0.364. The first-order valence-electron chi connectivity index (χ1n) is 9.55. The standard InChI is InChI=1S/C22H28N2O3/c1-2-3-4-5-6-9-16-27-19-14-12-18(13-15-19)17-23-24-22(26)20-10-7-8-11-21(20)25/h7-8,10-15,17,25H,2-6,9,16H2,1H3,(H,24,26)/b23-17+. The lowest BCUT2D eigenvalue weighted by Gasteiger charge is -2.06. The van der Waals surface area contributed by atoms with Crippen molar-refractivity contribution in [1.82, 2.24) is 5.43 Å². The highest BCUT2D eigenvalue weighted by Gasteiger charge is 2.08. The van der Waals surface area contributed by atoms with Crippen molar-refractivity contribution in [3.8, 4) is 11.5 Å². The number of ether oxygens (including phenoxy) is 1. The van der Waals surface area contributed by atoms with E-state index in [-0.39, 0.29) is 11.3 Å². The van der Waals surface area contributed by atoms with Crippen LogP contribution in [-0.2, 0) is 0 Å². The number of hydrogen-bond donors (Lipinski definition) is 2. The van der Waals surface area contributed by atoms with Crippen LogP contribution in [0.4, 0.5) is 0 Å². The van der Waals surface area contributed by atoms with Crippen molar-refractivity contribution < 1.29 is 14.6 Å². The number of hydrazone groups is 1. The normalized spacial score (nSPS) is 10.9. The number of rotatable bonds is 11. The maximum absolute atomic E-state index is 11.9. The van der Waals surface area contributed by atoms with Crippen molar-refractivity contribution >= 4 is 12.1 Å². The van der Waals surface area contributed by atoms with Gasteiger partial charge in [-0.25, -0.2) is 5.43 Å². The fourth-order valence-electron chi connectivity index (χ4n) is 2.61. The number of nitrogens with one attached hydrogen (secondary N) is 1. The number of nitrogens with zero attached hydrogens (tertiary/aromatic N) is 1. The summed E-state index contributed by atoms with van der Waals surface area (Å²) in [6, 6.07) is 13.9. The SMILES string of the molecule is CCCCCCCCOc1ccc(/C=N/NC(=O)c2ccccc2O)cc1. The number of hydrogen-bond acceptors (Lipinski definition) is 4. The lowest BCUT2D eigenvalue weighted by molar-refractivity contribution is 0.0952. The van der Waals surface area contributed by atoms with Crippen LogP contribution in [0.2, 0.25) is 0 Å². The van der Waals surface area contributed by atoms with Crippen molar-refractivity contribution in [2.75, 3.05) is 6.61 Å². The van der Waals surface area contributed by atoms with E-state index in [2.05, 4.69) is 17.5 Å². The summed E-state index contributed by atoms with van der Waals surface area (Å²) in [6.07, 6.45) is 9.01. The molecule has 1 amide bonds. The molecular formula is C22H28N2O3. The van der Waals surface area contributed by atoms with Gasteiger partial charge in [-0.15, -0.1) is 0 Å². The van der Waals surface area contributed by atoms with Gasteiger partial charge >= 0.3 is 0 Å². The Kier molecular flexibility index (Phi) is 8.90. The number of carbonyl (C=O) groups is 1. The highest BCUT2D eigenvalue weighted by atomic mass is 16.5. The molecule has 5 nitrogen and oxygen atoms in total. The van der Waals surface area contributed by atoms with Crippen molar-refractivity contribution in [3.63, 3.8) is 0 Å². The van der Waals surface area contributed by atoms with Crippen LogP contribution in [0.1, 0.15) is 61.4 Å². The minimum Gasteiger partial charge on any atom is -0.507 e. The van der Waals surface area contributed by atoms with E-state index >= 15 is 0 Å². The summed E-state index contributed by atoms with van der Waals surface area (Å²) in [7, 11) is 0. The average molecular weight is 368 g/mol. The quantitative estimate of drug-likeness (QED) is 0.337. The molecule has 2 aromatic rings. The third-order valence-electron chi connectivity index (χ3n) is 4.18. The molecule has 0 saturated heterocycles. The topological polar surface area (TPSA) is 70.9 Å². The van der Waals surface area contributed by atoms with Gasteiger partial charge in [-0.2, -0.15) is 5.10 Å². The first kappa shape index (κ1) is 20.5. The van der Waals surface area contributed by atoms with Gasteiger partial charge in [0.2, 0.25) is 0 Å². The van der Waals surface area contributed by atoms with Gasteiger partial charge < -0.3 is 9.84 Å². The fourth-order valence-corrected chi connectivity index (χ4v) is 2.61. The van der Waals surface area contributed by atoms with Crippen molar-refractivity contribution in [2.45, 2.75) is 45.4 Å². The Morgan fingerprint density at radius 2 is 1.74 bits per heavy atom. The summed E-state index contributed by atoms with van der Waals surface area (Å²) in [5.41, 5.74) is 3.44. The van der Waals surface area contributed by atoms with E-state index in [1.807, 2.05) is 24.3 Å². The zero-order valence-electron chi connectivity index (χ0n) is 15.9. The van der Waals surface area contributed by atoms with Crippen LogP contribution < -0.4 is 10.2 Å². The molecule has 0 aliphatic rings. The van der Waals surface area contributed by atoms with E-state index in [4.69, 9.17) is 4.74 Å². The summed E-state index contributed by atoms with van der Waals surface area (Å²) in [6.45, 7) is 2.95. The van der Waals surface area contributed by atoms with Crippen LogP contribution in [0, 0.1) is 0 Å². The minimum atomic E-state index is -0.455. The Hall–Kier alpha value is -2.82. The molecule has 0 heterocycles. The van der Waals surface area contributed by atoms with Gasteiger partial charge in [-0.1, -0.05) is 51.2 Å². The molecule has 5 heteroatoms. The maximum Gasteiger partial charge on any atom is 0.275 e. The van der Waals surface area contributed by atoms with E-state index in [0.29, 0.717) is 0 Å². The van der Waals surface area contributed by atoms with Gasteiger partial charge in [-0.3, -0.25) is 4.79 Å². The van der Waals surface area contributed by atoms with Gasteiger partial charge in [0.15, 0.2) is 0 Å². The minimum absolute atomic E-state index is 0.0722. The molecule has 0 unspecified atom stereocenters. The third-order valence-corrected chi connectivity index (χ3v) is 4.18. The zero-order valence-corrected chi connectivity index (χ0v) is 15.9. The number of unbranched alkanes of at least 4 members (excludes halogenated alkanes) is 5.